The molecule has 0 atom stereocenters. The van der Waals surface area contributed by atoms with Crippen LogP contribution in [0.2, 0.25) is 5.02 Å². The van der Waals surface area contributed by atoms with Crippen molar-refractivity contribution in [2.45, 2.75) is 32.9 Å². The van der Waals surface area contributed by atoms with E-state index >= 15 is 0 Å². The molecule has 162 valence electrons. The van der Waals surface area contributed by atoms with Crippen molar-refractivity contribution in [2.24, 2.45) is 5.92 Å². The molecule has 0 aliphatic carbocycles. The molecule has 10 heteroatoms. The largest absolute Gasteiger partial charge is 0.347 e. The van der Waals surface area contributed by atoms with Gasteiger partial charge in [-0.05, 0) is 73.8 Å². The van der Waals surface area contributed by atoms with Crippen LogP contribution in [0.3, 0.4) is 0 Å². The van der Waals surface area contributed by atoms with Gasteiger partial charge >= 0.3 is 0 Å². The number of tetrazole rings is 1. The third-order valence-electron chi connectivity index (χ3n) is 5.21. The van der Waals surface area contributed by atoms with Gasteiger partial charge in [-0.25, -0.2) is 9.37 Å². The van der Waals surface area contributed by atoms with Gasteiger partial charge in [-0.1, -0.05) is 17.7 Å². The van der Waals surface area contributed by atoms with E-state index in [1.54, 1.807) is 23.9 Å². The van der Waals surface area contributed by atoms with Gasteiger partial charge in [0.05, 0.1) is 11.6 Å². The molecular formula is C21H23ClFN7O. The number of rotatable bonds is 6. The second-order valence-electron chi connectivity index (χ2n) is 7.67. The SMILES string of the molecule is Cc1cc(-c2nnn(CC3CCNCC3)n2)cc(C(=O)NCc2ccc(F)c(Cl)c2)n1. The maximum absolute atomic E-state index is 13.3. The van der Waals surface area contributed by atoms with Crippen LogP contribution < -0.4 is 10.6 Å². The summed E-state index contributed by atoms with van der Waals surface area (Å²) in [6, 6.07) is 7.79. The second kappa shape index (κ2) is 9.49. The Labute approximate surface area is 184 Å². The lowest BCUT2D eigenvalue weighted by molar-refractivity contribution is 0.0945. The Hall–Kier alpha value is -2.91. The number of hydrogen-bond acceptors (Lipinski definition) is 6. The zero-order valence-corrected chi connectivity index (χ0v) is 17.9. The maximum atomic E-state index is 13.3. The molecule has 0 saturated carbocycles. The van der Waals surface area contributed by atoms with Crippen LogP contribution in [0.4, 0.5) is 4.39 Å². The molecule has 1 fully saturated rings. The maximum Gasteiger partial charge on any atom is 0.270 e. The predicted octanol–water partition coefficient (Wildman–Crippen LogP) is 2.77. The van der Waals surface area contributed by atoms with Crippen LogP contribution in [0.1, 0.15) is 34.6 Å². The minimum atomic E-state index is -0.498. The molecule has 1 aliphatic rings. The van der Waals surface area contributed by atoms with Gasteiger partial charge in [0.1, 0.15) is 11.5 Å². The predicted molar refractivity (Wildman–Crippen MR) is 114 cm³/mol. The fourth-order valence-corrected chi connectivity index (χ4v) is 3.77. The van der Waals surface area contributed by atoms with Crippen molar-refractivity contribution in [3.05, 3.63) is 58.1 Å². The summed E-state index contributed by atoms with van der Waals surface area (Å²) in [4.78, 5) is 18.6. The number of aryl methyl sites for hydroxylation is 1. The van der Waals surface area contributed by atoms with Gasteiger partial charge in [0.15, 0.2) is 0 Å². The standard InChI is InChI=1S/C21H23ClFN7O/c1-13-8-16(20-27-29-30(28-20)12-14-4-6-24-7-5-14)10-19(26-13)21(31)25-11-15-2-3-18(23)17(22)9-15/h2-3,8-10,14,24H,4-7,11-12H2,1H3,(H,25,31). The summed E-state index contributed by atoms with van der Waals surface area (Å²) < 4.78 is 13.3. The van der Waals surface area contributed by atoms with Gasteiger partial charge in [0.25, 0.3) is 5.91 Å². The lowest BCUT2D eigenvalue weighted by Gasteiger charge is -2.21. The molecule has 2 N–H and O–H groups in total. The van der Waals surface area contributed by atoms with Crippen LogP contribution in [0, 0.1) is 18.7 Å². The minimum absolute atomic E-state index is 0.0152. The van der Waals surface area contributed by atoms with Crippen LogP contribution >= 0.6 is 11.6 Å². The zero-order valence-electron chi connectivity index (χ0n) is 17.1. The van der Waals surface area contributed by atoms with E-state index in [0.717, 1.165) is 32.5 Å². The number of nitrogens with zero attached hydrogens (tertiary/aromatic N) is 5. The molecule has 0 unspecified atom stereocenters. The Morgan fingerprint density at radius 2 is 2.10 bits per heavy atom. The molecule has 3 aromatic rings. The number of aromatic nitrogens is 5. The van der Waals surface area contributed by atoms with Crippen LogP contribution in [0.25, 0.3) is 11.4 Å². The molecule has 3 heterocycles. The summed E-state index contributed by atoms with van der Waals surface area (Å²) in [5.74, 6) is 0.137. The smallest absolute Gasteiger partial charge is 0.270 e. The van der Waals surface area contributed by atoms with Gasteiger partial charge in [-0.3, -0.25) is 4.79 Å². The van der Waals surface area contributed by atoms with Crippen LogP contribution in [0.5, 0.6) is 0 Å². The van der Waals surface area contributed by atoms with E-state index in [0.29, 0.717) is 28.6 Å². The van der Waals surface area contributed by atoms with Gasteiger partial charge < -0.3 is 10.6 Å². The van der Waals surface area contributed by atoms with E-state index in [1.807, 2.05) is 6.07 Å². The van der Waals surface area contributed by atoms with Crippen molar-refractivity contribution < 1.29 is 9.18 Å². The summed E-state index contributed by atoms with van der Waals surface area (Å²) in [5, 5.41) is 19.0. The van der Waals surface area contributed by atoms with Crippen LogP contribution in [-0.2, 0) is 13.1 Å². The zero-order chi connectivity index (χ0) is 21.8. The fourth-order valence-electron chi connectivity index (χ4n) is 3.57. The molecule has 4 rings (SSSR count). The number of piperidine rings is 1. The fraction of sp³-hybridized carbons (Fsp3) is 0.381. The van der Waals surface area contributed by atoms with Gasteiger partial charge in [0.2, 0.25) is 5.82 Å². The number of hydrogen-bond donors (Lipinski definition) is 2. The first-order valence-electron chi connectivity index (χ1n) is 10.2. The summed E-state index contributed by atoms with van der Waals surface area (Å²) >= 11 is 5.79. The summed E-state index contributed by atoms with van der Waals surface area (Å²) in [5.41, 5.74) is 2.29. The third-order valence-corrected chi connectivity index (χ3v) is 5.50. The Morgan fingerprint density at radius 1 is 1.29 bits per heavy atom. The normalized spacial score (nSPS) is 14.5. The number of carbonyl (C=O) groups is 1. The van der Waals surface area contributed by atoms with Crippen molar-refractivity contribution in [1.29, 1.82) is 0 Å². The highest BCUT2D eigenvalue weighted by Gasteiger charge is 2.17. The molecule has 1 saturated heterocycles. The molecule has 8 nitrogen and oxygen atoms in total. The summed E-state index contributed by atoms with van der Waals surface area (Å²) in [6.07, 6.45) is 2.18. The second-order valence-corrected chi connectivity index (χ2v) is 8.08. The highest BCUT2D eigenvalue weighted by Crippen LogP contribution is 2.19. The van der Waals surface area contributed by atoms with E-state index in [4.69, 9.17) is 11.6 Å². The molecule has 2 aromatic heterocycles. The molecule has 0 radical (unpaired) electrons. The number of halogens is 2. The minimum Gasteiger partial charge on any atom is -0.347 e. The van der Waals surface area contributed by atoms with Gasteiger partial charge in [-0.15, -0.1) is 10.2 Å². The Bertz CT molecular complexity index is 1080. The van der Waals surface area contributed by atoms with Gasteiger partial charge in [-0.2, -0.15) is 4.80 Å². The van der Waals surface area contributed by atoms with E-state index < -0.39 is 5.82 Å². The molecule has 1 aliphatic heterocycles. The first kappa shape index (κ1) is 21.3. The molecule has 1 amide bonds. The first-order valence-corrected chi connectivity index (χ1v) is 10.6. The average molecular weight is 444 g/mol. The molecule has 0 spiro atoms. The van der Waals surface area contributed by atoms with Crippen molar-refractivity contribution in [3.8, 4) is 11.4 Å². The van der Waals surface area contributed by atoms with E-state index in [1.165, 1.54) is 12.1 Å². The lowest BCUT2D eigenvalue weighted by atomic mass is 9.99. The van der Waals surface area contributed by atoms with Crippen molar-refractivity contribution in [2.75, 3.05) is 13.1 Å². The van der Waals surface area contributed by atoms with E-state index in [2.05, 4.69) is 31.0 Å². The van der Waals surface area contributed by atoms with Crippen LogP contribution in [0.15, 0.2) is 30.3 Å². The summed E-state index contributed by atoms with van der Waals surface area (Å²) in [7, 11) is 0. The van der Waals surface area contributed by atoms with E-state index in [-0.39, 0.29) is 23.2 Å². The number of benzene rings is 1. The number of amides is 1. The number of pyridine rings is 1. The van der Waals surface area contributed by atoms with E-state index in [9.17, 15) is 9.18 Å². The Morgan fingerprint density at radius 3 is 2.87 bits per heavy atom. The summed E-state index contributed by atoms with van der Waals surface area (Å²) in [6.45, 7) is 4.76. The molecular weight excluding hydrogens is 421 g/mol. The third kappa shape index (κ3) is 5.42. The Balaban J connectivity index is 1.45. The first-order chi connectivity index (χ1) is 15.0. The molecule has 0 bridgehead atoms. The van der Waals surface area contributed by atoms with Crippen molar-refractivity contribution in [1.82, 2.24) is 35.8 Å². The molecule has 31 heavy (non-hydrogen) atoms. The van der Waals surface area contributed by atoms with Crippen LogP contribution in [-0.4, -0.2) is 44.2 Å². The number of carbonyl (C=O) groups excluding carboxylic acids is 1. The number of nitrogens with one attached hydrogen (secondary N) is 2. The average Bonchev–Trinajstić information content (AvgIpc) is 3.23. The monoisotopic (exact) mass is 443 g/mol. The molecule has 1 aromatic carbocycles. The Kier molecular flexibility index (Phi) is 6.53. The quantitative estimate of drug-likeness (QED) is 0.608. The highest BCUT2D eigenvalue weighted by molar-refractivity contribution is 6.30. The van der Waals surface area contributed by atoms with Gasteiger partial charge in [0, 0.05) is 17.8 Å². The highest BCUT2D eigenvalue weighted by atomic mass is 35.5. The van der Waals surface area contributed by atoms with Crippen molar-refractivity contribution in [3.63, 3.8) is 0 Å². The lowest BCUT2D eigenvalue weighted by Crippen LogP contribution is -2.30. The topological polar surface area (TPSA) is 97.6 Å². The van der Waals surface area contributed by atoms with Crippen molar-refractivity contribution >= 4 is 17.5 Å².